The number of benzene rings is 1. The van der Waals surface area contributed by atoms with Crippen LogP contribution in [-0.2, 0) is 0 Å². The number of halogens is 1. The number of fused-ring (bicyclic) bond motifs is 1. The van der Waals surface area contributed by atoms with E-state index in [1.807, 2.05) is 6.07 Å². The van der Waals surface area contributed by atoms with Gasteiger partial charge in [-0.15, -0.1) is 0 Å². The Kier molecular flexibility index (Phi) is 2.44. The van der Waals surface area contributed by atoms with E-state index < -0.39 is 0 Å². The number of hydrogen-bond acceptors (Lipinski definition) is 3. The molecule has 1 fully saturated rings. The van der Waals surface area contributed by atoms with E-state index >= 15 is 0 Å². The largest absolute Gasteiger partial charge is 0.453 e. The summed E-state index contributed by atoms with van der Waals surface area (Å²) in [7, 11) is 0. The SMILES string of the molecule is Fc1c(C2CCCNC2)ccc2c1OCO2. The summed E-state index contributed by atoms with van der Waals surface area (Å²) in [5.41, 5.74) is 0.747. The lowest BCUT2D eigenvalue weighted by Crippen LogP contribution is -2.28. The Bertz CT molecular complexity index is 402. The summed E-state index contributed by atoms with van der Waals surface area (Å²) in [6.07, 6.45) is 2.13. The monoisotopic (exact) mass is 223 g/mol. The van der Waals surface area contributed by atoms with E-state index in [1.165, 1.54) is 0 Å². The van der Waals surface area contributed by atoms with E-state index in [0.29, 0.717) is 5.75 Å². The van der Waals surface area contributed by atoms with Crippen molar-refractivity contribution >= 4 is 0 Å². The van der Waals surface area contributed by atoms with Gasteiger partial charge in [-0.25, -0.2) is 4.39 Å². The van der Waals surface area contributed by atoms with E-state index in [-0.39, 0.29) is 24.3 Å². The van der Waals surface area contributed by atoms with Gasteiger partial charge in [-0.05, 0) is 36.9 Å². The van der Waals surface area contributed by atoms with E-state index in [4.69, 9.17) is 9.47 Å². The highest BCUT2D eigenvalue weighted by Gasteiger charge is 2.25. The van der Waals surface area contributed by atoms with Crippen LogP contribution in [0.15, 0.2) is 12.1 Å². The lowest BCUT2D eigenvalue weighted by atomic mass is 9.91. The molecule has 1 aromatic carbocycles. The van der Waals surface area contributed by atoms with Crippen LogP contribution in [0.2, 0.25) is 0 Å². The molecule has 0 amide bonds. The Labute approximate surface area is 93.6 Å². The molecule has 3 nitrogen and oxygen atoms in total. The molecule has 1 aromatic rings. The highest BCUT2D eigenvalue weighted by molar-refractivity contribution is 5.47. The molecule has 0 bridgehead atoms. The summed E-state index contributed by atoms with van der Waals surface area (Å²) in [4.78, 5) is 0. The molecular formula is C12H14FNO2. The summed E-state index contributed by atoms with van der Waals surface area (Å²) in [6.45, 7) is 2.00. The fraction of sp³-hybridized carbons (Fsp3) is 0.500. The zero-order chi connectivity index (χ0) is 11.0. The van der Waals surface area contributed by atoms with Crippen LogP contribution in [0.5, 0.6) is 11.5 Å². The molecule has 0 aliphatic carbocycles. The molecule has 0 spiro atoms. The summed E-state index contributed by atoms with van der Waals surface area (Å²) in [5.74, 6) is 0.806. The average Bonchev–Trinajstić information content (AvgIpc) is 2.80. The van der Waals surface area contributed by atoms with Crippen molar-refractivity contribution in [2.75, 3.05) is 19.9 Å². The minimum Gasteiger partial charge on any atom is -0.453 e. The molecule has 1 N–H and O–H groups in total. The van der Waals surface area contributed by atoms with Crippen LogP contribution in [0, 0.1) is 5.82 Å². The second-order valence-electron chi connectivity index (χ2n) is 4.25. The van der Waals surface area contributed by atoms with Crippen molar-refractivity contribution in [1.29, 1.82) is 0 Å². The average molecular weight is 223 g/mol. The smallest absolute Gasteiger partial charge is 0.231 e. The highest BCUT2D eigenvalue weighted by atomic mass is 19.1. The maximum atomic E-state index is 14.1. The maximum absolute atomic E-state index is 14.1. The van der Waals surface area contributed by atoms with Gasteiger partial charge in [0.1, 0.15) is 0 Å². The van der Waals surface area contributed by atoms with Crippen molar-refractivity contribution < 1.29 is 13.9 Å². The molecule has 0 aromatic heterocycles. The molecule has 0 radical (unpaired) electrons. The van der Waals surface area contributed by atoms with Crippen molar-refractivity contribution in [3.05, 3.63) is 23.5 Å². The first-order chi connectivity index (χ1) is 7.86. The molecule has 1 atom stereocenters. The summed E-state index contributed by atoms with van der Waals surface area (Å²) in [6, 6.07) is 3.62. The van der Waals surface area contributed by atoms with Crippen LogP contribution < -0.4 is 14.8 Å². The Morgan fingerprint density at radius 1 is 1.31 bits per heavy atom. The quantitative estimate of drug-likeness (QED) is 0.790. The summed E-state index contributed by atoms with van der Waals surface area (Å²) >= 11 is 0. The van der Waals surface area contributed by atoms with Gasteiger partial charge < -0.3 is 14.8 Å². The number of hydrogen-bond donors (Lipinski definition) is 1. The molecule has 2 aliphatic heterocycles. The molecular weight excluding hydrogens is 209 g/mol. The first kappa shape index (κ1) is 9.90. The lowest BCUT2D eigenvalue weighted by Gasteiger charge is -2.23. The van der Waals surface area contributed by atoms with Gasteiger partial charge in [0.15, 0.2) is 11.6 Å². The van der Waals surface area contributed by atoms with Crippen LogP contribution in [0.25, 0.3) is 0 Å². The van der Waals surface area contributed by atoms with E-state index in [2.05, 4.69) is 5.32 Å². The second-order valence-corrected chi connectivity index (χ2v) is 4.25. The normalized spacial score (nSPS) is 23.4. The highest BCUT2D eigenvalue weighted by Crippen LogP contribution is 2.39. The van der Waals surface area contributed by atoms with E-state index in [0.717, 1.165) is 31.5 Å². The standard InChI is InChI=1S/C12H14FNO2/c13-11-9(8-2-1-5-14-6-8)3-4-10-12(11)16-7-15-10/h3-4,8,14H,1-2,5-7H2. The molecule has 2 heterocycles. The van der Waals surface area contributed by atoms with Crippen LogP contribution in [0.3, 0.4) is 0 Å². The zero-order valence-electron chi connectivity index (χ0n) is 8.96. The molecule has 3 rings (SSSR count). The van der Waals surface area contributed by atoms with E-state index in [1.54, 1.807) is 6.07 Å². The predicted molar refractivity (Wildman–Crippen MR) is 57.4 cm³/mol. The lowest BCUT2D eigenvalue weighted by molar-refractivity contribution is 0.170. The van der Waals surface area contributed by atoms with Gasteiger partial charge in [-0.3, -0.25) is 0 Å². The molecule has 86 valence electrons. The zero-order valence-corrected chi connectivity index (χ0v) is 8.96. The fourth-order valence-electron chi connectivity index (χ4n) is 2.39. The van der Waals surface area contributed by atoms with E-state index in [9.17, 15) is 4.39 Å². The third-order valence-electron chi connectivity index (χ3n) is 3.25. The van der Waals surface area contributed by atoms with Gasteiger partial charge in [-0.1, -0.05) is 6.07 Å². The van der Waals surface area contributed by atoms with Gasteiger partial charge in [0, 0.05) is 6.54 Å². The Morgan fingerprint density at radius 3 is 3.06 bits per heavy atom. The minimum absolute atomic E-state index is 0.124. The maximum Gasteiger partial charge on any atom is 0.231 e. The van der Waals surface area contributed by atoms with Gasteiger partial charge in [0.05, 0.1) is 0 Å². The number of ether oxygens (including phenoxy) is 2. The second kappa shape index (κ2) is 3.94. The van der Waals surface area contributed by atoms with Crippen LogP contribution in [0.4, 0.5) is 4.39 Å². The molecule has 1 unspecified atom stereocenters. The number of rotatable bonds is 1. The van der Waals surface area contributed by atoms with Gasteiger partial charge in [-0.2, -0.15) is 0 Å². The summed E-state index contributed by atoms with van der Waals surface area (Å²) < 4.78 is 24.4. The van der Waals surface area contributed by atoms with Crippen LogP contribution >= 0.6 is 0 Å². The van der Waals surface area contributed by atoms with Gasteiger partial charge in [0.25, 0.3) is 0 Å². The Balaban J connectivity index is 1.95. The van der Waals surface area contributed by atoms with Gasteiger partial charge >= 0.3 is 0 Å². The summed E-state index contributed by atoms with van der Waals surface area (Å²) in [5, 5.41) is 3.29. The van der Waals surface area contributed by atoms with Crippen molar-refractivity contribution in [2.24, 2.45) is 0 Å². The van der Waals surface area contributed by atoms with Crippen molar-refractivity contribution in [3.8, 4) is 11.5 Å². The Hall–Kier alpha value is -1.29. The Morgan fingerprint density at radius 2 is 2.25 bits per heavy atom. The first-order valence-corrected chi connectivity index (χ1v) is 5.65. The molecule has 0 saturated carbocycles. The van der Waals surface area contributed by atoms with Crippen LogP contribution in [0.1, 0.15) is 24.3 Å². The molecule has 2 aliphatic rings. The topological polar surface area (TPSA) is 30.5 Å². The van der Waals surface area contributed by atoms with Crippen molar-refractivity contribution in [2.45, 2.75) is 18.8 Å². The molecule has 4 heteroatoms. The van der Waals surface area contributed by atoms with Crippen molar-refractivity contribution in [1.82, 2.24) is 5.32 Å². The number of nitrogens with one attached hydrogen (secondary N) is 1. The number of piperidine rings is 1. The first-order valence-electron chi connectivity index (χ1n) is 5.65. The molecule has 1 saturated heterocycles. The van der Waals surface area contributed by atoms with Crippen molar-refractivity contribution in [3.63, 3.8) is 0 Å². The predicted octanol–water partition coefficient (Wildman–Crippen LogP) is 2.02. The fourth-order valence-corrected chi connectivity index (χ4v) is 2.39. The molecule has 16 heavy (non-hydrogen) atoms. The third kappa shape index (κ3) is 1.53. The van der Waals surface area contributed by atoms with Gasteiger partial charge in [0.2, 0.25) is 12.5 Å². The minimum atomic E-state index is -0.247. The van der Waals surface area contributed by atoms with Crippen LogP contribution in [-0.4, -0.2) is 19.9 Å². The third-order valence-corrected chi connectivity index (χ3v) is 3.25.